The van der Waals surface area contributed by atoms with E-state index >= 15 is 0 Å². The average Bonchev–Trinajstić information content (AvgIpc) is 2.31. The van der Waals surface area contributed by atoms with E-state index in [1.54, 1.807) is 6.92 Å². The van der Waals surface area contributed by atoms with Gasteiger partial charge < -0.3 is 15.2 Å². The molecule has 2 N–H and O–H groups in total. The third kappa shape index (κ3) is 3.19. The lowest BCUT2D eigenvalue weighted by atomic mass is 10.1. The molecule has 5 nitrogen and oxygen atoms in total. The predicted molar refractivity (Wildman–Crippen MR) is 62.1 cm³/mol. The van der Waals surface area contributed by atoms with Gasteiger partial charge in [0.05, 0.1) is 12.2 Å². The zero-order chi connectivity index (χ0) is 13.7. The highest BCUT2D eigenvalue weighted by Gasteiger charge is 2.20. The lowest BCUT2D eigenvalue weighted by Crippen LogP contribution is -2.38. The number of aliphatic carboxylic acids is 1. The summed E-state index contributed by atoms with van der Waals surface area (Å²) in [5.74, 6) is -2.69. The van der Waals surface area contributed by atoms with E-state index in [9.17, 15) is 14.0 Å². The Morgan fingerprint density at radius 2 is 2.17 bits per heavy atom. The lowest BCUT2D eigenvalue weighted by molar-refractivity contribution is -0.138. The number of carbonyl (C=O) groups is 2. The van der Waals surface area contributed by atoms with E-state index in [2.05, 4.69) is 5.32 Å². The number of carboxylic acids is 1. The number of nitrogens with one attached hydrogen (secondary N) is 1. The molecular formula is C12H14FNO4. The molecule has 98 valence electrons. The molecular weight excluding hydrogens is 241 g/mol. The standard InChI is InChI=1S/C12H14FNO4/c1-3-18-10-8(5-4-6-9(10)13)11(15)14-7(2)12(16)17/h4-7H,3H2,1-2H3,(H,14,15)(H,16,17)/t7-/m1/s1. The fraction of sp³-hybridized carbons (Fsp3) is 0.333. The minimum absolute atomic E-state index is 0.0232. The highest BCUT2D eigenvalue weighted by atomic mass is 19.1. The molecule has 0 aliphatic heterocycles. The second-order valence-electron chi connectivity index (χ2n) is 3.58. The van der Waals surface area contributed by atoms with Crippen molar-refractivity contribution in [2.24, 2.45) is 0 Å². The molecule has 0 unspecified atom stereocenters. The molecule has 1 aromatic rings. The van der Waals surface area contributed by atoms with E-state index < -0.39 is 23.7 Å². The molecule has 0 saturated carbocycles. The molecule has 0 aromatic heterocycles. The number of carboxylic acid groups (broad SMARTS) is 1. The molecule has 0 heterocycles. The third-order valence-electron chi connectivity index (χ3n) is 2.22. The summed E-state index contributed by atoms with van der Waals surface area (Å²) in [6, 6.07) is 2.84. The largest absolute Gasteiger partial charge is 0.490 e. The maximum atomic E-state index is 13.5. The van der Waals surface area contributed by atoms with Gasteiger partial charge in [0.2, 0.25) is 0 Å². The summed E-state index contributed by atoms with van der Waals surface area (Å²) in [5, 5.41) is 10.9. The van der Waals surface area contributed by atoms with Gasteiger partial charge in [-0.2, -0.15) is 0 Å². The molecule has 1 aromatic carbocycles. The van der Waals surface area contributed by atoms with Gasteiger partial charge in [0.25, 0.3) is 5.91 Å². The number of ether oxygens (including phenoxy) is 1. The lowest BCUT2D eigenvalue weighted by Gasteiger charge is -2.13. The Labute approximate surface area is 104 Å². The van der Waals surface area contributed by atoms with Crippen molar-refractivity contribution in [3.8, 4) is 5.75 Å². The summed E-state index contributed by atoms with van der Waals surface area (Å²) in [6.07, 6.45) is 0. The van der Waals surface area contributed by atoms with Crippen LogP contribution in [0.5, 0.6) is 5.75 Å². The van der Waals surface area contributed by atoms with Gasteiger partial charge in [0, 0.05) is 0 Å². The first kappa shape index (κ1) is 14.0. The van der Waals surface area contributed by atoms with Gasteiger partial charge in [-0.05, 0) is 26.0 Å². The van der Waals surface area contributed by atoms with Crippen LogP contribution >= 0.6 is 0 Å². The highest BCUT2D eigenvalue weighted by Crippen LogP contribution is 2.22. The second kappa shape index (κ2) is 6.00. The number of hydrogen-bond donors (Lipinski definition) is 2. The summed E-state index contributed by atoms with van der Waals surface area (Å²) >= 11 is 0. The molecule has 0 bridgehead atoms. The number of amides is 1. The van der Waals surface area contributed by atoms with Crippen LogP contribution in [0.15, 0.2) is 18.2 Å². The van der Waals surface area contributed by atoms with Crippen LogP contribution in [0.2, 0.25) is 0 Å². The predicted octanol–water partition coefficient (Wildman–Crippen LogP) is 1.43. The van der Waals surface area contributed by atoms with Crippen molar-refractivity contribution >= 4 is 11.9 Å². The van der Waals surface area contributed by atoms with E-state index in [4.69, 9.17) is 9.84 Å². The smallest absolute Gasteiger partial charge is 0.325 e. The Hall–Kier alpha value is -2.11. The number of rotatable bonds is 5. The van der Waals surface area contributed by atoms with Crippen molar-refractivity contribution in [3.63, 3.8) is 0 Å². The van der Waals surface area contributed by atoms with Gasteiger partial charge in [-0.15, -0.1) is 0 Å². The zero-order valence-electron chi connectivity index (χ0n) is 10.1. The quantitative estimate of drug-likeness (QED) is 0.834. The van der Waals surface area contributed by atoms with E-state index in [1.165, 1.54) is 25.1 Å². The molecule has 1 atom stereocenters. The van der Waals surface area contributed by atoms with Gasteiger partial charge >= 0.3 is 5.97 Å². The van der Waals surface area contributed by atoms with Crippen LogP contribution in [-0.2, 0) is 4.79 Å². The molecule has 18 heavy (non-hydrogen) atoms. The van der Waals surface area contributed by atoms with Crippen molar-refractivity contribution < 1.29 is 23.8 Å². The SMILES string of the molecule is CCOc1c(F)cccc1C(=O)N[C@H](C)C(=O)O. The van der Waals surface area contributed by atoms with Crippen molar-refractivity contribution in [3.05, 3.63) is 29.6 Å². The fourth-order valence-electron chi connectivity index (χ4n) is 1.31. The van der Waals surface area contributed by atoms with Crippen LogP contribution in [0.25, 0.3) is 0 Å². The number of benzene rings is 1. The summed E-state index contributed by atoms with van der Waals surface area (Å²) < 4.78 is 18.5. The molecule has 0 aliphatic carbocycles. The summed E-state index contributed by atoms with van der Waals surface area (Å²) in [5.41, 5.74) is -0.0232. The Morgan fingerprint density at radius 3 is 2.72 bits per heavy atom. The molecule has 6 heteroatoms. The molecule has 0 saturated heterocycles. The summed E-state index contributed by atoms with van der Waals surface area (Å²) in [6.45, 7) is 3.18. The van der Waals surface area contributed by atoms with E-state index in [0.717, 1.165) is 0 Å². The molecule has 0 spiro atoms. The van der Waals surface area contributed by atoms with Gasteiger partial charge in [0.15, 0.2) is 11.6 Å². The zero-order valence-corrected chi connectivity index (χ0v) is 10.1. The third-order valence-corrected chi connectivity index (χ3v) is 2.22. The topological polar surface area (TPSA) is 75.6 Å². The first-order valence-corrected chi connectivity index (χ1v) is 5.42. The summed E-state index contributed by atoms with van der Waals surface area (Å²) in [7, 11) is 0. The summed E-state index contributed by atoms with van der Waals surface area (Å²) in [4.78, 5) is 22.4. The maximum absolute atomic E-state index is 13.5. The Morgan fingerprint density at radius 1 is 1.50 bits per heavy atom. The fourth-order valence-corrected chi connectivity index (χ4v) is 1.31. The van der Waals surface area contributed by atoms with Gasteiger partial charge in [-0.1, -0.05) is 6.07 Å². The van der Waals surface area contributed by atoms with Crippen LogP contribution < -0.4 is 10.1 Å². The molecule has 1 amide bonds. The Bertz CT molecular complexity index is 461. The molecule has 0 fully saturated rings. The Balaban J connectivity index is 2.98. The van der Waals surface area contributed by atoms with Crippen LogP contribution in [-0.4, -0.2) is 29.6 Å². The first-order chi connectivity index (χ1) is 8.47. The molecule has 1 rings (SSSR count). The molecule has 0 aliphatic rings. The van der Waals surface area contributed by atoms with Gasteiger partial charge in [0.1, 0.15) is 6.04 Å². The van der Waals surface area contributed by atoms with Crippen LogP contribution in [0.1, 0.15) is 24.2 Å². The first-order valence-electron chi connectivity index (χ1n) is 5.42. The van der Waals surface area contributed by atoms with E-state index in [-0.39, 0.29) is 17.9 Å². The van der Waals surface area contributed by atoms with Gasteiger partial charge in [-0.25, -0.2) is 4.39 Å². The van der Waals surface area contributed by atoms with Crippen molar-refractivity contribution in [1.82, 2.24) is 5.32 Å². The van der Waals surface area contributed by atoms with E-state index in [0.29, 0.717) is 0 Å². The minimum Gasteiger partial charge on any atom is -0.490 e. The average molecular weight is 255 g/mol. The molecule has 0 radical (unpaired) electrons. The van der Waals surface area contributed by atoms with Crippen LogP contribution in [0, 0.1) is 5.82 Å². The number of hydrogen-bond acceptors (Lipinski definition) is 3. The number of halogens is 1. The maximum Gasteiger partial charge on any atom is 0.325 e. The van der Waals surface area contributed by atoms with Crippen molar-refractivity contribution in [1.29, 1.82) is 0 Å². The van der Waals surface area contributed by atoms with Crippen LogP contribution in [0.3, 0.4) is 0 Å². The number of para-hydroxylation sites is 1. The van der Waals surface area contributed by atoms with Crippen LogP contribution in [0.4, 0.5) is 4.39 Å². The number of carbonyl (C=O) groups excluding carboxylic acids is 1. The monoisotopic (exact) mass is 255 g/mol. The second-order valence-corrected chi connectivity index (χ2v) is 3.58. The van der Waals surface area contributed by atoms with Gasteiger partial charge in [-0.3, -0.25) is 9.59 Å². The normalized spacial score (nSPS) is 11.7. The minimum atomic E-state index is -1.17. The van der Waals surface area contributed by atoms with Crippen molar-refractivity contribution in [2.45, 2.75) is 19.9 Å². The highest BCUT2D eigenvalue weighted by molar-refractivity contribution is 5.98. The van der Waals surface area contributed by atoms with Crippen molar-refractivity contribution in [2.75, 3.05) is 6.61 Å². The Kier molecular flexibility index (Phi) is 4.65. The van der Waals surface area contributed by atoms with E-state index in [1.807, 2.05) is 0 Å².